The fraction of sp³-hybridized carbons (Fsp3) is 0.655. The van der Waals surface area contributed by atoms with Gasteiger partial charge in [-0.05, 0) is 133 Å². The predicted molar refractivity (Wildman–Crippen MR) is 311 cm³/mol. The summed E-state index contributed by atoms with van der Waals surface area (Å²) in [5, 5.41) is 39.1. The van der Waals surface area contributed by atoms with Gasteiger partial charge in [-0.15, -0.1) is 0 Å². The van der Waals surface area contributed by atoms with Gasteiger partial charge in [0.1, 0.15) is 54.1 Å². The Labute approximate surface area is 485 Å². The van der Waals surface area contributed by atoms with Gasteiger partial charge in [0.25, 0.3) is 0 Å². The van der Waals surface area contributed by atoms with Crippen molar-refractivity contribution in [2.45, 2.75) is 185 Å². The number of guanidine groups is 1. The Morgan fingerprint density at radius 1 is 0.663 bits per heavy atom. The second kappa shape index (κ2) is 36.9. The Morgan fingerprint density at radius 2 is 1.19 bits per heavy atom. The summed E-state index contributed by atoms with van der Waals surface area (Å²) in [7, 11) is 0. The number of H-pyrrole nitrogens is 1. The standard InChI is InChI=1S/C55H93N17O11/c1-5-33(4)45(71-49(77)41(28-34-19-21-36(73)22-20-34)68-51(79)44(32(2)3)70-46(74)37(59)14-12-26-63-55(60)61)52(80)69-42(29-35-30-62-31-64-35)53(81)72-27-13-18-43(72)50(78)66-39(16-7-10-24-57)47(75)65-38(15-6-9-23-56)48(76)67-40(54(82)83)17-8-11-25-58/h19-22,30-33,37-45,73H,5-18,23-29,56-59H2,1-4H3,(H,62,64)(H,65,75)(H,66,78)(H,67,76)(H,68,79)(H,69,80)(H,70,74)(H,71,77)(H,82,83)(H4,60,61,63)/t33-,37-,38-,39-,40-,41-,42-,43-,44-,45-/m0/s1. The number of amides is 8. The number of rotatable bonds is 39. The summed E-state index contributed by atoms with van der Waals surface area (Å²) < 4.78 is 0. The van der Waals surface area contributed by atoms with Crippen LogP contribution in [0.5, 0.6) is 5.75 Å². The first-order chi connectivity index (χ1) is 39.5. The number of unbranched alkanes of at least 4 members (excludes halogenated alkanes) is 3. The average Bonchev–Trinajstić information content (AvgIpc) is 4.34. The van der Waals surface area contributed by atoms with E-state index in [1.807, 2.05) is 0 Å². The second-order valence-electron chi connectivity index (χ2n) is 21.5. The van der Waals surface area contributed by atoms with Crippen LogP contribution in [0.2, 0.25) is 0 Å². The van der Waals surface area contributed by atoms with Crippen molar-refractivity contribution in [2.75, 3.05) is 32.7 Å². The summed E-state index contributed by atoms with van der Waals surface area (Å²) in [5.41, 5.74) is 35.0. The van der Waals surface area contributed by atoms with Crippen molar-refractivity contribution < 1.29 is 53.4 Å². The highest BCUT2D eigenvalue weighted by Crippen LogP contribution is 2.22. The van der Waals surface area contributed by atoms with Crippen LogP contribution < -0.4 is 71.6 Å². The van der Waals surface area contributed by atoms with Crippen molar-refractivity contribution in [3.05, 3.63) is 48.0 Å². The zero-order valence-electron chi connectivity index (χ0n) is 48.5. The topological polar surface area (TPSA) is 479 Å². The molecule has 1 aromatic heterocycles. The molecule has 28 nitrogen and oxygen atoms in total. The first-order valence-corrected chi connectivity index (χ1v) is 28.9. The number of aromatic nitrogens is 2. The normalized spacial score (nSPS) is 16.3. The van der Waals surface area contributed by atoms with Crippen molar-refractivity contribution in [3.8, 4) is 5.75 Å². The van der Waals surface area contributed by atoms with Gasteiger partial charge in [0.15, 0.2) is 5.96 Å². The number of carboxylic acid groups (broad SMARTS) is 1. The van der Waals surface area contributed by atoms with Crippen molar-refractivity contribution in [3.63, 3.8) is 0 Å². The highest BCUT2D eigenvalue weighted by atomic mass is 16.4. The summed E-state index contributed by atoms with van der Waals surface area (Å²) in [5.74, 6) is -8.03. The van der Waals surface area contributed by atoms with Gasteiger partial charge in [0.2, 0.25) is 47.3 Å². The van der Waals surface area contributed by atoms with Crippen LogP contribution in [0.25, 0.3) is 0 Å². The number of phenols is 1. The van der Waals surface area contributed by atoms with Gasteiger partial charge in [0, 0.05) is 37.8 Å². The van der Waals surface area contributed by atoms with E-state index in [1.165, 1.54) is 29.6 Å². The molecular formula is C55H93N17O11. The Bertz CT molecular complexity index is 2410. The van der Waals surface area contributed by atoms with E-state index in [2.05, 4.69) is 52.2 Å². The molecule has 8 amide bonds. The lowest BCUT2D eigenvalue weighted by Gasteiger charge is -2.32. The van der Waals surface area contributed by atoms with Crippen molar-refractivity contribution in [1.82, 2.24) is 52.1 Å². The maximum Gasteiger partial charge on any atom is 0.326 e. The van der Waals surface area contributed by atoms with E-state index < -0.39 is 119 Å². The van der Waals surface area contributed by atoms with Gasteiger partial charge in [-0.3, -0.25) is 43.3 Å². The van der Waals surface area contributed by atoms with Crippen molar-refractivity contribution >= 4 is 59.2 Å². The Hall–Kier alpha value is -7.43. The van der Waals surface area contributed by atoms with E-state index in [1.54, 1.807) is 39.8 Å². The van der Waals surface area contributed by atoms with Gasteiger partial charge in [-0.25, -0.2) is 9.78 Å². The van der Waals surface area contributed by atoms with Gasteiger partial charge in [-0.1, -0.05) is 46.2 Å². The number of aliphatic carboxylic acids is 1. The van der Waals surface area contributed by atoms with E-state index in [4.69, 9.17) is 34.4 Å². The Morgan fingerprint density at radius 3 is 1.73 bits per heavy atom. The molecule has 0 aliphatic carbocycles. The first-order valence-electron chi connectivity index (χ1n) is 28.9. The monoisotopic (exact) mass is 1170 g/mol. The summed E-state index contributed by atoms with van der Waals surface area (Å²) in [4.78, 5) is 138. The number of carboxylic acids is 1. The molecule has 464 valence electrons. The number of aromatic amines is 1. The molecule has 0 spiro atoms. The number of aliphatic imine (C=N–C) groups is 1. The fourth-order valence-electron chi connectivity index (χ4n) is 9.41. The van der Waals surface area contributed by atoms with Crippen LogP contribution in [-0.2, 0) is 56.0 Å². The van der Waals surface area contributed by atoms with Crippen molar-refractivity contribution in [2.24, 2.45) is 51.2 Å². The molecule has 1 saturated heterocycles. The van der Waals surface area contributed by atoms with E-state index in [0.29, 0.717) is 88.7 Å². The average molecular weight is 1170 g/mol. The number of carbonyl (C=O) groups is 9. The number of imidazole rings is 1. The molecule has 0 bridgehead atoms. The number of carbonyl (C=O) groups excluding carboxylic acids is 8. The Balaban J connectivity index is 1.91. The third kappa shape index (κ3) is 24.1. The number of hydrogen-bond acceptors (Lipinski definition) is 16. The summed E-state index contributed by atoms with van der Waals surface area (Å²) >= 11 is 0. The van der Waals surface area contributed by atoms with Gasteiger partial charge in [0.05, 0.1) is 12.4 Å². The Kier molecular flexibility index (Phi) is 31.1. The smallest absolute Gasteiger partial charge is 0.326 e. The lowest BCUT2D eigenvalue weighted by molar-refractivity contribution is -0.143. The molecule has 22 N–H and O–H groups in total. The molecule has 28 heteroatoms. The maximum absolute atomic E-state index is 14.9. The number of phenolic OH excluding ortho intramolecular Hbond substituents is 1. The van der Waals surface area contributed by atoms with E-state index in [9.17, 15) is 53.4 Å². The molecule has 0 unspecified atom stereocenters. The number of likely N-dealkylation sites (tertiary alicyclic amines) is 1. The molecule has 2 heterocycles. The molecule has 10 atom stereocenters. The molecule has 1 aromatic carbocycles. The minimum absolute atomic E-state index is 0.0408. The number of benzene rings is 1. The molecule has 1 aliphatic rings. The molecule has 2 aromatic rings. The van der Waals surface area contributed by atoms with Gasteiger partial charge < -0.3 is 91.7 Å². The minimum Gasteiger partial charge on any atom is -0.508 e. The zero-order valence-corrected chi connectivity index (χ0v) is 48.5. The van der Waals surface area contributed by atoms with Crippen LogP contribution >= 0.6 is 0 Å². The lowest BCUT2D eigenvalue weighted by atomic mass is 9.96. The minimum atomic E-state index is -1.34. The maximum atomic E-state index is 14.9. The third-order valence-corrected chi connectivity index (χ3v) is 14.5. The van der Waals surface area contributed by atoms with E-state index in [0.717, 1.165) is 0 Å². The van der Waals surface area contributed by atoms with Crippen LogP contribution in [-0.4, -0.2) is 171 Å². The number of nitrogens with zero attached hydrogens (tertiary/aromatic N) is 3. The SMILES string of the molecule is CC[C@H](C)[C@H](NC(=O)[C@H](Cc1ccc(O)cc1)NC(=O)[C@@H](NC(=O)[C@@H](N)CCCN=C(N)N)C(C)C)C(=O)N[C@@H](Cc1cnc[nH]1)C(=O)N1CCC[C@H]1C(=O)N[C@@H](CCCCN)C(=O)N[C@@H](CCCCN)C(=O)N[C@@H](CCCCN)C(=O)O. The van der Waals surface area contributed by atoms with Crippen LogP contribution in [0.1, 0.15) is 129 Å². The molecule has 0 saturated carbocycles. The lowest BCUT2D eigenvalue weighted by Crippen LogP contribution is -2.62. The first kappa shape index (κ1) is 69.8. The number of nitrogens with one attached hydrogen (secondary N) is 8. The van der Waals surface area contributed by atoms with Gasteiger partial charge >= 0.3 is 5.97 Å². The molecule has 1 fully saturated rings. The second-order valence-corrected chi connectivity index (χ2v) is 21.5. The molecule has 83 heavy (non-hydrogen) atoms. The number of aromatic hydroxyl groups is 1. The van der Waals surface area contributed by atoms with Crippen molar-refractivity contribution in [1.29, 1.82) is 0 Å². The molecule has 0 radical (unpaired) electrons. The van der Waals surface area contributed by atoms with E-state index in [-0.39, 0.29) is 69.7 Å². The third-order valence-electron chi connectivity index (χ3n) is 14.5. The highest BCUT2D eigenvalue weighted by molar-refractivity contribution is 5.98. The number of nitrogens with two attached hydrogens (primary N) is 6. The molecular weight excluding hydrogens is 1070 g/mol. The van der Waals surface area contributed by atoms with Gasteiger partial charge in [-0.2, -0.15) is 0 Å². The zero-order chi connectivity index (χ0) is 61.6. The van der Waals surface area contributed by atoms with Crippen LogP contribution in [0.3, 0.4) is 0 Å². The fourth-order valence-corrected chi connectivity index (χ4v) is 9.41. The predicted octanol–water partition coefficient (Wildman–Crippen LogP) is -2.16. The van der Waals surface area contributed by atoms with Crippen LogP contribution in [0, 0.1) is 11.8 Å². The number of hydrogen-bond donors (Lipinski definition) is 16. The van der Waals surface area contributed by atoms with Crippen LogP contribution in [0.4, 0.5) is 0 Å². The van der Waals surface area contributed by atoms with E-state index >= 15 is 0 Å². The molecule has 1 aliphatic heterocycles. The largest absolute Gasteiger partial charge is 0.508 e. The quantitative estimate of drug-likeness (QED) is 0.0193. The molecule has 3 rings (SSSR count). The summed E-state index contributed by atoms with van der Waals surface area (Å²) in [6.07, 6.45) is 7.36. The summed E-state index contributed by atoms with van der Waals surface area (Å²) in [6, 6.07) is -4.90. The van der Waals surface area contributed by atoms with Crippen LogP contribution in [0.15, 0.2) is 41.8 Å². The highest BCUT2D eigenvalue weighted by Gasteiger charge is 2.41. The summed E-state index contributed by atoms with van der Waals surface area (Å²) in [6.45, 7) is 8.21.